The number of rotatable bonds is 3. The standard InChI is InChI=1S/C11H9BrN2O2/c1-7(15)4-11(16)14-10-3-2-8(6-13)5-9(10)12/h2-3,5H,4H2,1H3,(H,14,16). The summed E-state index contributed by atoms with van der Waals surface area (Å²) in [6.45, 7) is 1.35. The largest absolute Gasteiger partial charge is 0.325 e. The molecule has 4 nitrogen and oxygen atoms in total. The number of anilines is 1. The molecule has 1 amide bonds. The van der Waals surface area contributed by atoms with Gasteiger partial charge in [0.15, 0.2) is 0 Å². The first-order chi connectivity index (χ1) is 7.52. The summed E-state index contributed by atoms with van der Waals surface area (Å²) in [6, 6.07) is 6.79. The highest BCUT2D eigenvalue weighted by molar-refractivity contribution is 9.10. The van der Waals surface area contributed by atoms with Gasteiger partial charge in [0.25, 0.3) is 0 Å². The first-order valence-corrected chi connectivity index (χ1v) is 5.31. The first kappa shape index (κ1) is 12.4. The number of benzene rings is 1. The summed E-state index contributed by atoms with van der Waals surface area (Å²) in [5.74, 6) is -0.555. The van der Waals surface area contributed by atoms with Crippen LogP contribution in [0.1, 0.15) is 18.9 Å². The van der Waals surface area contributed by atoms with Gasteiger partial charge in [-0.2, -0.15) is 5.26 Å². The van der Waals surface area contributed by atoms with Crippen LogP contribution >= 0.6 is 15.9 Å². The average molecular weight is 281 g/mol. The Morgan fingerprint density at radius 3 is 2.69 bits per heavy atom. The average Bonchev–Trinajstić information content (AvgIpc) is 2.19. The molecule has 0 aliphatic rings. The molecule has 1 rings (SSSR count). The number of amides is 1. The second kappa shape index (κ2) is 5.42. The van der Waals surface area contributed by atoms with Crippen LogP contribution in [-0.4, -0.2) is 11.7 Å². The quantitative estimate of drug-likeness (QED) is 0.864. The minimum atomic E-state index is -0.363. The van der Waals surface area contributed by atoms with Crippen LogP contribution < -0.4 is 5.32 Å². The van der Waals surface area contributed by atoms with Gasteiger partial charge in [-0.3, -0.25) is 9.59 Å². The second-order valence-corrected chi connectivity index (χ2v) is 4.09. The van der Waals surface area contributed by atoms with E-state index in [2.05, 4.69) is 21.2 Å². The minimum Gasteiger partial charge on any atom is -0.325 e. The molecule has 0 aliphatic carbocycles. The van der Waals surface area contributed by atoms with Crippen molar-refractivity contribution in [3.63, 3.8) is 0 Å². The van der Waals surface area contributed by atoms with Gasteiger partial charge in [-0.25, -0.2) is 0 Å². The molecule has 1 aromatic rings. The van der Waals surface area contributed by atoms with Crippen molar-refractivity contribution >= 4 is 33.3 Å². The molecule has 5 heteroatoms. The lowest BCUT2D eigenvalue weighted by molar-refractivity contribution is -0.124. The van der Waals surface area contributed by atoms with E-state index >= 15 is 0 Å². The SMILES string of the molecule is CC(=O)CC(=O)Nc1ccc(C#N)cc1Br. The molecular weight excluding hydrogens is 272 g/mol. The number of halogens is 1. The van der Waals surface area contributed by atoms with Crippen molar-refractivity contribution in [2.24, 2.45) is 0 Å². The van der Waals surface area contributed by atoms with Crippen molar-refractivity contribution in [3.8, 4) is 6.07 Å². The number of nitrogens with zero attached hydrogens (tertiary/aromatic N) is 1. The Balaban J connectivity index is 2.79. The zero-order valence-electron chi connectivity index (χ0n) is 8.58. The second-order valence-electron chi connectivity index (χ2n) is 3.23. The molecule has 0 aromatic heterocycles. The monoisotopic (exact) mass is 280 g/mol. The zero-order chi connectivity index (χ0) is 12.1. The number of Topliss-reactive ketones (excluding diaryl/α,β-unsaturated/α-hetero) is 1. The Hall–Kier alpha value is -1.67. The van der Waals surface area contributed by atoms with Crippen LogP contribution in [0.15, 0.2) is 22.7 Å². The highest BCUT2D eigenvalue weighted by atomic mass is 79.9. The van der Waals surface area contributed by atoms with Gasteiger partial charge in [-0.1, -0.05) is 0 Å². The van der Waals surface area contributed by atoms with E-state index in [1.165, 1.54) is 6.92 Å². The van der Waals surface area contributed by atoms with Gasteiger partial charge in [-0.05, 0) is 41.1 Å². The molecule has 0 aliphatic heterocycles. The molecule has 1 aromatic carbocycles. The van der Waals surface area contributed by atoms with E-state index < -0.39 is 0 Å². The third-order valence-corrected chi connectivity index (χ3v) is 2.44. The molecule has 0 heterocycles. The highest BCUT2D eigenvalue weighted by Crippen LogP contribution is 2.23. The van der Waals surface area contributed by atoms with Crippen LogP contribution in [0.5, 0.6) is 0 Å². The van der Waals surface area contributed by atoms with Gasteiger partial charge in [0, 0.05) is 4.47 Å². The molecule has 0 saturated heterocycles. The van der Waals surface area contributed by atoms with Crippen LogP contribution in [0.25, 0.3) is 0 Å². The molecule has 0 atom stereocenters. The maximum Gasteiger partial charge on any atom is 0.231 e. The molecule has 16 heavy (non-hydrogen) atoms. The Bertz CT molecular complexity index is 477. The number of hydrogen-bond donors (Lipinski definition) is 1. The van der Waals surface area contributed by atoms with E-state index in [0.29, 0.717) is 15.7 Å². The summed E-state index contributed by atoms with van der Waals surface area (Å²) in [5.41, 5.74) is 1.04. The van der Waals surface area contributed by atoms with Crippen LogP contribution in [0.4, 0.5) is 5.69 Å². The zero-order valence-corrected chi connectivity index (χ0v) is 10.2. The smallest absolute Gasteiger partial charge is 0.231 e. The van der Waals surface area contributed by atoms with Gasteiger partial charge in [-0.15, -0.1) is 0 Å². The van der Waals surface area contributed by atoms with Crippen LogP contribution in [-0.2, 0) is 9.59 Å². The lowest BCUT2D eigenvalue weighted by Gasteiger charge is -2.06. The molecule has 0 bridgehead atoms. The van der Waals surface area contributed by atoms with Crippen molar-refractivity contribution in [2.75, 3.05) is 5.32 Å². The third kappa shape index (κ3) is 3.48. The highest BCUT2D eigenvalue weighted by Gasteiger charge is 2.08. The summed E-state index contributed by atoms with van der Waals surface area (Å²) in [7, 11) is 0. The lowest BCUT2D eigenvalue weighted by Crippen LogP contribution is -2.15. The minimum absolute atomic E-state index is 0.146. The van der Waals surface area contributed by atoms with Gasteiger partial charge in [0.05, 0.1) is 23.7 Å². The van der Waals surface area contributed by atoms with Crippen molar-refractivity contribution in [1.29, 1.82) is 5.26 Å². The Morgan fingerprint density at radius 2 is 2.19 bits per heavy atom. The number of carbonyl (C=O) groups is 2. The summed E-state index contributed by atoms with van der Waals surface area (Å²) in [6.07, 6.45) is -0.146. The van der Waals surface area contributed by atoms with Gasteiger partial charge >= 0.3 is 0 Å². The molecular formula is C11H9BrN2O2. The number of hydrogen-bond acceptors (Lipinski definition) is 3. The molecule has 1 N–H and O–H groups in total. The van der Waals surface area contributed by atoms with E-state index in [4.69, 9.17) is 5.26 Å². The van der Waals surface area contributed by atoms with Crippen LogP contribution in [0.2, 0.25) is 0 Å². The van der Waals surface area contributed by atoms with E-state index in [1.807, 2.05) is 6.07 Å². The fraction of sp³-hybridized carbons (Fsp3) is 0.182. The summed E-state index contributed by atoms with van der Waals surface area (Å²) < 4.78 is 0.614. The molecule has 0 unspecified atom stereocenters. The number of ketones is 1. The molecule has 0 fully saturated rings. The summed E-state index contributed by atoms with van der Waals surface area (Å²) >= 11 is 3.23. The molecule has 82 valence electrons. The Morgan fingerprint density at radius 1 is 1.50 bits per heavy atom. The van der Waals surface area contributed by atoms with Crippen molar-refractivity contribution in [2.45, 2.75) is 13.3 Å². The van der Waals surface area contributed by atoms with Gasteiger partial charge < -0.3 is 5.32 Å². The number of nitriles is 1. The molecule has 0 saturated carbocycles. The third-order valence-electron chi connectivity index (χ3n) is 1.78. The van der Waals surface area contributed by atoms with Crippen molar-refractivity contribution < 1.29 is 9.59 Å². The maximum absolute atomic E-state index is 11.3. The van der Waals surface area contributed by atoms with E-state index in [-0.39, 0.29) is 18.1 Å². The summed E-state index contributed by atoms with van der Waals surface area (Å²) in [4.78, 5) is 22.0. The maximum atomic E-state index is 11.3. The van der Waals surface area contributed by atoms with Gasteiger partial charge in [0.2, 0.25) is 5.91 Å². The predicted molar refractivity (Wildman–Crippen MR) is 62.8 cm³/mol. The lowest BCUT2D eigenvalue weighted by atomic mass is 10.2. The fourth-order valence-corrected chi connectivity index (χ4v) is 1.58. The van der Waals surface area contributed by atoms with E-state index in [9.17, 15) is 9.59 Å². The van der Waals surface area contributed by atoms with Crippen LogP contribution in [0.3, 0.4) is 0 Å². The van der Waals surface area contributed by atoms with E-state index in [0.717, 1.165) is 0 Å². The van der Waals surface area contributed by atoms with Gasteiger partial charge in [0.1, 0.15) is 5.78 Å². The van der Waals surface area contributed by atoms with Crippen molar-refractivity contribution in [1.82, 2.24) is 0 Å². The number of nitrogens with one attached hydrogen (secondary N) is 1. The number of carbonyl (C=O) groups excluding carboxylic acids is 2. The Kier molecular flexibility index (Phi) is 4.20. The normalized spacial score (nSPS) is 9.31. The fourth-order valence-electron chi connectivity index (χ4n) is 1.11. The molecule has 0 radical (unpaired) electrons. The predicted octanol–water partition coefficient (Wildman–Crippen LogP) is 2.24. The molecule has 0 spiro atoms. The topological polar surface area (TPSA) is 70.0 Å². The first-order valence-electron chi connectivity index (χ1n) is 4.52. The Labute approximate surface area is 101 Å². The van der Waals surface area contributed by atoms with Crippen molar-refractivity contribution in [3.05, 3.63) is 28.2 Å². The van der Waals surface area contributed by atoms with E-state index in [1.54, 1.807) is 18.2 Å². The summed E-state index contributed by atoms with van der Waals surface area (Å²) in [5, 5.41) is 11.2. The van der Waals surface area contributed by atoms with Crippen LogP contribution in [0, 0.1) is 11.3 Å².